The lowest BCUT2D eigenvalue weighted by molar-refractivity contribution is -0.154. The first-order valence-corrected chi connectivity index (χ1v) is 14.6. The summed E-state index contributed by atoms with van der Waals surface area (Å²) in [6.45, 7) is 4.89. The number of aromatic nitrogens is 3. The highest BCUT2D eigenvalue weighted by molar-refractivity contribution is 7.99. The van der Waals surface area contributed by atoms with Crippen LogP contribution in [0, 0.1) is 18.8 Å². The molecule has 2 aliphatic rings. The largest absolute Gasteiger partial charge is 0.487 e. The van der Waals surface area contributed by atoms with E-state index in [1.807, 2.05) is 41.8 Å². The number of ether oxygens (including phenoxy) is 3. The van der Waals surface area contributed by atoms with Crippen LogP contribution >= 0.6 is 11.8 Å². The van der Waals surface area contributed by atoms with E-state index >= 15 is 0 Å². The maximum atomic E-state index is 12.6. The molecule has 0 N–H and O–H groups in total. The normalized spacial score (nSPS) is 17.5. The lowest BCUT2D eigenvalue weighted by Gasteiger charge is -2.21. The highest BCUT2D eigenvalue weighted by Gasteiger charge is 2.26. The molecule has 1 saturated heterocycles. The second-order valence-electron chi connectivity index (χ2n) is 9.99. The predicted molar refractivity (Wildman–Crippen MR) is 151 cm³/mol. The van der Waals surface area contributed by atoms with Crippen LogP contribution in [0.4, 0.5) is 0 Å². The van der Waals surface area contributed by atoms with Gasteiger partial charge in [-0.15, -0.1) is 0 Å². The summed E-state index contributed by atoms with van der Waals surface area (Å²) in [5.41, 5.74) is 3.99. The molecule has 1 atom stereocenters. The summed E-state index contributed by atoms with van der Waals surface area (Å²) in [5, 5.41) is 1.33. The second kappa shape index (κ2) is 13.3. The number of hydrogen-bond acceptors (Lipinski definition) is 7. The summed E-state index contributed by atoms with van der Waals surface area (Å²) in [6, 6.07) is 9.73. The van der Waals surface area contributed by atoms with E-state index in [1.54, 1.807) is 31.1 Å². The SMILES string of the molecule is CC(=O)c1nc(SC2CCCC2)n(-c2cccnc2)c1COc1ccc(C#CCOC2CCCCO2)c(C)c1. The van der Waals surface area contributed by atoms with Crippen molar-refractivity contribution in [2.75, 3.05) is 13.2 Å². The third-order valence-corrected chi connectivity index (χ3v) is 8.32. The van der Waals surface area contributed by atoms with Crippen molar-refractivity contribution >= 4 is 17.5 Å². The molecule has 2 aromatic heterocycles. The van der Waals surface area contributed by atoms with Crippen LogP contribution in [-0.2, 0) is 16.1 Å². The summed E-state index contributed by atoms with van der Waals surface area (Å²) in [5.74, 6) is 6.92. The molecule has 1 aliphatic carbocycles. The minimum atomic E-state index is -0.137. The molecule has 0 radical (unpaired) electrons. The van der Waals surface area contributed by atoms with Crippen molar-refractivity contribution in [2.24, 2.45) is 0 Å². The number of imidazole rings is 1. The standard InChI is InChI=1S/C31H35N3O4S/c1-22-19-26(15-14-24(22)9-8-18-37-29-13-5-6-17-36-29)38-21-28-30(23(2)35)33-31(39-27-11-3-4-12-27)34(28)25-10-7-16-32-20-25/h7,10,14-16,19-20,27,29H,3-6,11-13,17-18,21H2,1-2H3. The monoisotopic (exact) mass is 545 g/mol. The van der Waals surface area contributed by atoms with E-state index in [0.29, 0.717) is 23.3 Å². The van der Waals surface area contributed by atoms with Crippen LogP contribution in [-0.4, -0.2) is 45.1 Å². The fourth-order valence-electron chi connectivity index (χ4n) is 4.96. The van der Waals surface area contributed by atoms with Crippen molar-refractivity contribution < 1.29 is 19.0 Å². The molecule has 1 aliphatic heterocycles. The van der Waals surface area contributed by atoms with E-state index in [2.05, 4.69) is 16.8 Å². The van der Waals surface area contributed by atoms with Gasteiger partial charge in [-0.2, -0.15) is 0 Å². The van der Waals surface area contributed by atoms with Gasteiger partial charge in [0.25, 0.3) is 0 Å². The number of rotatable bonds is 9. The van der Waals surface area contributed by atoms with Gasteiger partial charge in [0.05, 0.1) is 17.6 Å². The zero-order valence-corrected chi connectivity index (χ0v) is 23.5. The molecule has 3 aromatic rings. The molecular weight excluding hydrogens is 510 g/mol. The Morgan fingerprint density at radius 1 is 1.18 bits per heavy atom. The average molecular weight is 546 g/mol. The predicted octanol–water partition coefficient (Wildman–Crippen LogP) is 6.29. The van der Waals surface area contributed by atoms with Crippen LogP contribution < -0.4 is 4.74 Å². The molecule has 1 aromatic carbocycles. The maximum Gasteiger partial charge on any atom is 0.180 e. The topological polar surface area (TPSA) is 75.5 Å². The molecule has 3 heterocycles. The van der Waals surface area contributed by atoms with Gasteiger partial charge in [-0.1, -0.05) is 36.4 Å². The number of carbonyl (C=O) groups excluding carboxylic acids is 1. The van der Waals surface area contributed by atoms with E-state index in [-0.39, 0.29) is 18.7 Å². The third kappa shape index (κ3) is 7.10. The first-order chi connectivity index (χ1) is 19.1. The van der Waals surface area contributed by atoms with E-state index in [0.717, 1.165) is 53.5 Å². The Bertz CT molecular complexity index is 1330. The van der Waals surface area contributed by atoms with Gasteiger partial charge >= 0.3 is 0 Å². The Morgan fingerprint density at radius 2 is 2.03 bits per heavy atom. The molecule has 204 valence electrons. The number of carbonyl (C=O) groups is 1. The van der Waals surface area contributed by atoms with Gasteiger partial charge in [-0.25, -0.2) is 4.98 Å². The maximum absolute atomic E-state index is 12.6. The fourth-order valence-corrected chi connectivity index (χ4v) is 6.29. The smallest absolute Gasteiger partial charge is 0.180 e. The number of aryl methyl sites for hydroxylation is 1. The highest BCUT2D eigenvalue weighted by atomic mass is 32.2. The molecule has 5 rings (SSSR count). The van der Waals surface area contributed by atoms with Crippen LogP contribution in [0.2, 0.25) is 0 Å². The van der Waals surface area contributed by atoms with Crippen LogP contribution in [0.5, 0.6) is 5.75 Å². The van der Waals surface area contributed by atoms with Gasteiger partial charge < -0.3 is 14.2 Å². The summed E-state index contributed by atoms with van der Waals surface area (Å²) in [6.07, 6.45) is 11.4. The van der Waals surface area contributed by atoms with E-state index < -0.39 is 0 Å². The first kappa shape index (κ1) is 27.4. The van der Waals surface area contributed by atoms with E-state index in [1.165, 1.54) is 25.7 Å². The molecule has 1 unspecified atom stereocenters. The second-order valence-corrected chi connectivity index (χ2v) is 11.3. The minimum absolute atomic E-state index is 0.0767. The molecule has 1 saturated carbocycles. The Hall–Kier alpha value is -3.12. The van der Waals surface area contributed by atoms with Crippen molar-refractivity contribution in [3.63, 3.8) is 0 Å². The molecule has 0 bridgehead atoms. The Kier molecular flexibility index (Phi) is 9.36. The van der Waals surface area contributed by atoms with Crippen LogP contribution in [0.15, 0.2) is 47.9 Å². The van der Waals surface area contributed by atoms with Crippen LogP contribution in [0.25, 0.3) is 5.69 Å². The zero-order valence-electron chi connectivity index (χ0n) is 22.7. The van der Waals surface area contributed by atoms with Gasteiger partial charge in [-0.05, 0) is 74.9 Å². The summed E-state index contributed by atoms with van der Waals surface area (Å²) in [7, 11) is 0. The number of benzene rings is 1. The Labute approximate surface area is 234 Å². The minimum Gasteiger partial charge on any atom is -0.487 e. The number of nitrogens with zero attached hydrogens (tertiary/aromatic N) is 3. The molecule has 39 heavy (non-hydrogen) atoms. The lowest BCUT2D eigenvalue weighted by atomic mass is 10.1. The van der Waals surface area contributed by atoms with Crippen molar-refractivity contribution in [1.82, 2.24) is 14.5 Å². The van der Waals surface area contributed by atoms with E-state index in [9.17, 15) is 4.79 Å². The van der Waals surface area contributed by atoms with E-state index in [4.69, 9.17) is 19.2 Å². The van der Waals surface area contributed by atoms with Gasteiger partial charge in [-0.3, -0.25) is 14.3 Å². The Balaban J connectivity index is 1.32. The molecule has 7 nitrogen and oxygen atoms in total. The third-order valence-electron chi connectivity index (χ3n) is 7.03. The van der Waals surface area contributed by atoms with Gasteiger partial charge in [0.1, 0.15) is 24.7 Å². The number of pyridine rings is 1. The first-order valence-electron chi connectivity index (χ1n) is 13.7. The molecule has 0 spiro atoms. The number of ketones is 1. The average Bonchev–Trinajstić information content (AvgIpc) is 3.60. The highest BCUT2D eigenvalue weighted by Crippen LogP contribution is 2.37. The summed E-state index contributed by atoms with van der Waals surface area (Å²) >= 11 is 1.75. The number of thioether (sulfide) groups is 1. The molecule has 0 amide bonds. The number of Topliss-reactive ketones (excluding diaryl/α,β-unsaturated/α-hetero) is 1. The van der Waals surface area contributed by atoms with Crippen molar-refractivity contribution in [3.8, 4) is 23.3 Å². The molecular formula is C31H35N3O4S. The van der Waals surface area contributed by atoms with Crippen LogP contribution in [0.3, 0.4) is 0 Å². The molecule has 8 heteroatoms. The Morgan fingerprint density at radius 3 is 2.74 bits per heavy atom. The number of hydrogen-bond donors (Lipinski definition) is 0. The van der Waals surface area contributed by atoms with Crippen molar-refractivity contribution in [2.45, 2.75) is 82.1 Å². The van der Waals surface area contributed by atoms with Gasteiger partial charge in [0, 0.05) is 30.5 Å². The summed E-state index contributed by atoms with van der Waals surface area (Å²) in [4.78, 5) is 21.8. The zero-order chi connectivity index (χ0) is 27.0. The quantitative estimate of drug-likeness (QED) is 0.231. The van der Waals surface area contributed by atoms with Gasteiger partial charge in [0.15, 0.2) is 17.2 Å². The lowest BCUT2D eigenvalue weighted by Crippen LogP contribution is -2.22. The van der Waals surface area contributed by atoms with Crippen molar-refractivity contribution in [3.05, 3.63) is 65.2 Å². The summed E-state index contributed by atoms with van der Waals surface area (Å²) < 4.78 is 19.6. The van der Waals surface area contributed by atoms with Gasteiger partial charge in [0.2, 0.25) is 0 Å². The molecule has 2 fully saturated rings. The van der Waals surface area contributed by atoms with Crippen LogP contribution in [0.1, 0.15) is 79.2 Å². The van der Waals surface area contributed by atoms with Crippen molar-refractivity contribution in [1.29, 1.82) is 0 Å². The fraction of sp³-hybridized carbons (Fsp3) is 0.452.